The van der Waals surface area contributed by atoms with Crippen LogP contribution in [-0.2, 0) is 9.59 Å². The molecule has 7 heteroatoms. The summed E-state index contributed by atoms with van der Waals surface area (Å²) in [6.07, 6.45) is -0.462. The van der Waals surface area contributed by atoms with E-state index in [2.05, 4.69) is 5.32 Å². The lowest BCUT2D eigenvalue weighted by molar-refractivity contribution is -0.125. The smallest absolute Gasteiger partial charge is 0.267 e. The van der Waals surface area contributed by atoms with E-state index in [4.69, 9.17) is 27.9 Å². The molecule has 0 unspecified atom stereocenters. The number of ether oxygens (including phenoxy) is 1. The van der Waals surface area contributed by atoms with E-state index in [0.717, 1.165) is 0 Å². The third-order valence-electron chi connectivity index (χ3n) is 3.84. The molecular weight excluding hydrogens is 363 g/mol. The van der Waals surface area contributed by atoms with Gasteiger partial charge in [-0.1, -0.05) is 35.3 Å². The van der Waals surface area contributed by atoms with E-state index >= 15 is 0 Å². The molecule has 2 amide bonds. The number of hydrogen-bond donors (Lipinski definition) is 1. The van der Waals surface area contributed by atoms with Gasteiger partial charge < -0.3 is 15.0 Å². The SMILES string of the molecule is C[C@H]1Oc2ccccc2N(CCC(=O)Nc2cc(Cl)ccc2Cl)C1=O. The van der Waals surface area contributed by atoms with Crippen LogP contribution in [0.15, 0.2) is 42.5 Å². The van der Waals surface area contributed by atoms with Gasteiger partial charge >= 0.3 is 0 Å². The van der Waals surface area contributed by atoms with Crippen molar-refractivity contribution in [3.63, 3.8) is 0 Å². The maximum Gasteiger partial charge on any atom is 0.267 e. The fraction of sp³-hybridized carbons (Fsp3) is 0.222. The molecule has 0 aliphatic carbocycles. The van der Waals surface area contributed by atoms with Crippen molar-refractivity contribution in [1.82, 2.24) is 0 Å². The van der Waals surface area contributed by atoms with Crippen LogP contribution in [0.2, 0.25) is 10.0 Å². The van der Waals surface area contributed by atoms with Crippen molar-refractivity contribution in [3.8, 4) is 5.75 Å². The second-order valence-corrected chi connectivity index (χ2v) is 6.48. The third kappa shape index (κ3) is 3.89. The Balaban J connectivity index is 1.69. The first kappa shape index (κ1) is 17.6. The van der Waals surface area contributed by atoms with Crippen molar-refractivity contribution in [3.05, 3.63) is 52.5 Å². The average molecular weight is 379 g/mol. The number of anilines is 2. The minimum atomic E-state index is -0.583. The van der Waals surface area contributed by atoms with E-state index in [1.165, 1.54) is 0 Å². The Morgan fingerprint density at radius 1 is 1.24 bits per heavy atom. The number of amides is 2. The molecular formula is C18H16Cl2N2O3. The van der Waals surface area contributed by atoms with Gasteiger partial charge in [-0.2, -0.15) is 0 Å². The predicted molar refractivity (Wildman–Crippen MR) is 98.6 cm³/mol. The summed E-state index contributed by atoms with van der Waals surface area (Å²) in [6.45, 7) is 1.94. The highest BCUT2D eigenvalue weighted by atomic mass is 35.5. The minimum Gasteiger partial charge on any atom is -0.479 e. The van der Waals surface area contributed by atoms with Crippen LogP contribution in [0.3, 0.4) is 0 Å². The number of rotatable bonds is 4. The van der Waals surface area contributed by atoms with Gasteiger partial charge in [-0.05, 0) is 37.3 Å². The first-order valence-corrected chi connectivity index (χ1v) is 8.53. The lowest BCUT2D eigenvalue weighted by Crippen LogP contribution is -2.45. The zero-order chi connectivity index (χ0) is 18.0. The second kappa shape index (κ2) is 7.33. The molecule has 0 spiro atoms. The summed E-state index contributed by atoms with van der Waals surface area (Å²) in [5.41, 5.74) is 1.11. The molecule has 0 bridgehead atoms. The summed E-state index contributed by atoms with van der Waals surface area (Å²) in [5.74, 6) is 0.203. The molecule has 1 atom stereocenters. The Labute approximate surface area is 155 Å². The molecule has 1 aliphatic heterocycles. The molecule has 1 heterocycles. The average Bonchev–Trinajstić information content (AvgIpc) is 2.58. The van der Waals surface area contributed by atoms with Crippen LogP contribution in [0.1, 0.15) is 13.3 Å². The van der Waals surface area contributed by atoms with Gasteiger partial charge in [0.2, 0.25) is 5.91 Å². The molecule has 1 N–H and O–H groups in total. The summed E-state index contributed by atoms with van der Waals surface area (Å²) in [4.78, 5) is 26.2. The maximum atomic E-state index is 12.4. The Hall–Kier alpha value is -2.24. The molecule has 5 nitrogen and oxygen atoms in total. The van der Waals surface area contributed by atoms with Crippen molar-refractivity contribution in [2.45, 2.75) is 19.4 Å². The lowest BCUT2D eigenvalue weighted by atomic mass is 10.1. The first-order valence-electron chi connectivity index (χ1n) is 7.77. The second-order valence-electron chi connectivity index (χ2n) is 5.64. The van der Waals surface area contributed by atoms with Crippen molar-refractivity contribution >= 4 is 46.4 Å². The Kier molecular flexibility index (Phi) is 5.16. The fourth-order valence-electron chi connectivity index (χ4n) is 2.61. The molecule has 2 aromatic rings. The van der Waals surface area contributed by atoms with Gasteiger partial charge in [0.25, 0.3) is 5.91 Å². The van der Waals surface area contributed by atoms with Crippen LogP contribution in [-0.4, -0.2) is 24.5 Å². The summed E-state index contributed by atoms with van der Waals surface area (Å²) >= 11 is 12.0. The number of carbonyl (C=O) groups is 2. The fourth-order valence-corrected chi connectivity index (χ4v) is 2.95. The molecule has 25 heavy (non-hydrogen) atoms. The largest absolute Gasteiger partial charge is 0.479 e. The van der Waals surface area contributed by atoms with Gasteiger partial charge in [0.05, 0.1) is 16.4 Å². The van der Waals surface area contributed by atoms with E-state index in [9.17, 15) is 9.59 Å². The monoisotopic (exact) mass is 378 g/mol. The van der Waals surface area contributed by atoms with Gasteiger partial charge in [0.15, 0.2) is 6.10 Å². The van der Waals surface area contributed by atoms with E-state index in [1.807, 2.05) is 12.1 Å². The first-order chi connectivity index (χ1) is 12.0. The predicted octanol–water partition coefficient (Wildman–Crippen LogP) is 4.14. The van der Waals surface area contributed by atoms with Crippen LogP contribution >= 0.6 is 23.2 Å². The highest BCUT2D eigenvalue weighted by molar-refractivity contribution is 6.35. The Morgan fingerprint density at radius 3 is 2.80 bits per heavy atom. The van der Waals surface area contributed by atoms with Crippen LogP contribution in [0.5, 0.6) is 5.75 Å². The summed E-state index contributed by atoms with van der Waals surface area (Å²) in [6, 6.07) is 12.1. The molecule has 0 fully saturated rings. The summed E-state index contributed by atoms with van der Waals surface area (Å²) < 4.78 is 5.58. The van der Waals surface area contributed by atoms with E-state index < -0.39 is 6.10 Å². The number of hydrogen-bond acceptors (Lipinski definition) is 3. The number of nitrogens with one attached hydrogen (secondary N) is 1. The number of nitrogens with zero attached hydrogens (tertiary/aromatic N) is 1. The zero-order valence-corrected chi connectivity index (χ0v) is 15.0. The maximum absolute atomic E-state index is 12.4. The van der Waals surface area contributed by atoms with Crippen LogP contribution in [0, 0.1) is 0 Å². The topological polar surface area (TPSA) is 58.6 Å². The van der Waals surface area contributed by atoms with Crippen LogP contribution in [0.4, 0.5) is 11.4 Å². The van der Waals surface area contributed by atoms with Crippen molar-refractivity contribution < 1.29 is 14.3 Å². The zero-order valence-electron chi connectivity index (χ0n) is 13.5. The van der Waals surface area contributed by atoms with E-state index in [1.54, 1.807) is 42.2 Å². The molecule has 0 aromatic heterocycles. The van der Waals surface area contributed by atoms with Gasteiger partial charge in [0.1, 0.15) is 5.75 Å². The Bertz CT molecular complexity index is 826. The molecule has 0 saturated heterocycles. The van der Waals surface area contributed by atoms with Crippen LogP contribution < -0.4 is 15.0 Å². The molecule has 0 saturated carbocycles. The molecule has 130 valence electrons. The Morgan fingerprint density at radius 2 is 2.00 bits per heavy atom. The molecule has 1 aliphatic rings. The van der Waals surface area contributed by atoms with Crippen molar-refractivity contribution in [2.75, 3.05) is 16.8 Å². The van der Waals surface area contributed by atoms with Crippen molar-refractivity contribution in [2.24, 2.45) is 0 Å². The third-order valence-corrected chi connectivity index (χ3v) is 4.40. The van der Waals surface area contributed by atoms with Crippen molar-refractivity contribution in [1.29, 1.82) is 0 Å². The number of halogens is 2. The standard InChI is InChI=1S/C18H16Cl2N2O3/c1-11-18(24)22(15-4-2-3-5-16(15)25-11)9-8-17(23)21-14-10-12(19)6-7-13(14)20/h2-7,10-11H,8-9H2,1H3,(H,21,23)/t11-/m1/s1. The molecule has 0 radical (unpaired) electrons. The lowest BCUT2D eigenvalue weighted by Gasteiger charge is -2.32. The normalized spacial score (nSPS) is 16.2. The van der Waals surface area contributed by atoms with Gasteiger partial charge in [-0.15, -0.1) is 0 Å². The van der Waals surface area contributed by atoms with Gasteiger partial charge in [-0.3, -0.25) is 9.59 Å². The molecule has 2 aromatic carbocycles. The number of benzene rings is 2. The number of fused-ring (bicyclic) bond motifs is 1. The quantitative estimate of drug-likeness (QED) is 0.869. The highest BCUT2D eigenvalue weighted by Gasteiger charge is 2.31. The number of para-hydroxylation sites is 2. The molecule has 3 rings (SSSR count). The van der Waals surface area contributed by atoms with E-state index in [-0.39, 0.29) is 24.8 Å². The van der Waals surface area contributed by atoms with Gasteiger partial charge in [0, 0.05) is 18.0 Å². The van der Waals surface area contributed by atoms with Gasteiger partial charge in [-0.25, -0.2) is 0 Å². The highest BCUT2D eigenvalue weighted by Crippen LogP contribution is 2.33. The van der Waals surface area contributed by atoms with Crippen LogP contribution in [0.25, 0.3) is 0 Å². The summed E-state index contributed by atoms with van der Waals surface area (Å²) in [7, 11) is 0. The minimum absolute atomic E-state index is 0.121. The summed E-state index contributed by atoms with van der Waals surface area (Å²) in [5, 5.41) is 3.60. The number of carbonyl (C=O) groups excluding carboxylic acids is 2. The van der Waals surface area contributed by atoms with E-state index in [0.29, 0.717) is 27.2 Å².